The highest BCUT2D eigenvalue weighted by Gasteiger charge is 2.13. The van der Waals surface area contributed by atoms with Crippen LogP contribution in [0.3, 0.4) is 0 Å². The van der Waals surface area contributed by atoms with Crippen molar-refractivity contribution in [2.75, 3.05) is 26.5 Å². The summed E-state index contributed by atoms with van der Waals surface area (Å²) < 4.78 is 16.1. The lowest BCUT2D eigenvalue weighted by Crippen LogP contribution is -2.32. The molecule has 2 aromatic rings. The summed E-state index contributed by atoms with van der Waals surface area (Å²) in [7, 11) is 0. The number of nitrogens with zero attached hydrogens (tertiary/aromatic N) is 1. The van der Waals surface area contributed by atoms with E-state index in [1.807, 2.05) is 37.3 Å². The van der Waals surface area contributed by atoms with E-state index >= 15 is 0 Å². The van der Waals surface area contributed by atoms with Gasteiger partial charge in [-0.15, -0.1) is 0 Å². The van der Waals surface area contributed by atoms with E-state index in [9.17, 15) is 5.11 Å². The molecule has 6 heteroatoms. The van der Waals surface area contributed by atoms with E-state index in [0.717, 1.165) is 30.0 Å². The SMILES string of the molecule is Cc1ccnc(OCC(O)CNCCc2ccc3c(c2)OCO3)c1. The minimum atomic E-state index is -0.580. The van der Waals surface area contributed by atoms with E-state index in [0.29, 0.717) is 19.2 Å². The Balaban J connectivity index is 1.34. The van der Waals surface area contributed by atoms with E-state index in [2.05, 4.69) is 10.3 Å². The summed E-state index contributed by atoms with van der Waals surface area (Å²) in [4.78, 5) is 4.10. The Labute approximate surface area is 141 Å². The number of aliphatic hydroxyl groups is 1. The summed E-state index contributed by atoms with van der Waals surface area (Å²) in [5.41, 5.74) is 2.25. The van der Waals surface area contributed by atoms with Gasteiger partial charge in [-0.25, -0.2) is 4.98 Å². The van der Waals surface area contributed by atoms with Crippen molar-refractivity contribution in [3.63, 3.8) is 0 Å². The van der Waals surface area contributed by atoms with Gasteiger partial charge in [0.1, 0.15) is 12.7 Å². The number of hydrogen-bond donors (Lipinski definition) is 2. The van der Waals surface area contributed by atoms with Gasteiger partial charge >= 0.3 is 0 Å². The third-order valence-corrected chi connectivity index (χ3v) is 3.72. The van der Waals surface area contributed by atoms with Crippen LogP contribution in [0.5, 0.6) is 17.4 Å². The highest BCUT2D eigenvalue weighted by atomic mass is 16.7. The van der Waals surface area contributed by atoms with Gasteiger partial charge in [-0.05, 0) is 49.2 Å². The summed E-state index contributed by atoms with van der Waals surface area (Å²) in [6, 6.07) is 9.70. The van der Waals surface area contributed by atoms with Gasteiger partial charge in [0.25, 0.3) is 0 Å². The smallest absolute Gasteiger partial charge is 0.231 e. The summed E-state index contributed by atoms with van der Waals surface area (Å²) in [5.74, 6) is 2.13. The van der Waals surface area contributed by atoms with Crippen molar-refractivity contribution in [1.29, 1.82) is 0 Å². The first-order chi connectivity index (χ1) is 11.7. The third kappa shape index (κ3) is 4.59. The van der Waals surface area contributed by atoms with Crippen LogP contribution in [0, 0.1) is 6.92 Å². The zero-order chi connectivity index (χ0) is 16.8. The van der Waals surface area contributed by atoms with Crippen molar-refractivity contribution in [1.82, 2.24) is 10.3 Å². The molecule has 0 fully saturated rings. The lowest BCUT2D eigenvalue weighted by atomic mass is 10.1. The van der Waals surface area contributed by atoms with Crippen molar-refractivity contribution < 1.29 is 19.3 Å². The summed E-state index contributed by atoms with van der Waals surface area (Å²) >= 11 is 0. The first kappa shape index (κ1) is 16.5. The van der Waals surface area contributed by atoms with E-state index in [1.165, 1.54) is 5.56 Å². The normalized spacial score (nSPS) is 13.8. The molecule has 0 saturated heterocycles. The van der Waals surface area contributed by atoms with E-state index in [4.69, 9.17) is 14.2 Å². The van der Waals surface area contributed by atoms with Gasteiger partial charge in [-0.3, -0.25) is 0 Å². The second-order valence-corrected chi connectivity index (χ2v) is 5.78. The van der Waals surface area contributed by atoms with Crippen molar-refractivity contribution >= 4 is 0 Å². The fourth-order valence-electron chi connectivity index (χ4n) is 2.43. The molecule has 3 rings (SSSR count). The third-order valence-electron chi connectivity index (χ3n) is 3.72. The number of aliphatic hydroxyl groups excluding tert-OH is 1. The first-order valence-corrected chi connectivity index (χ1v) is 8.03. The predicted molar refractivity (Wildman–Crippen MR) is 89.6 cm³/mol. The minimum absolute atomic E-state index is 0.216. The van der Waals surface area contributed by atoms with Gasteiger partial charge in [-0.2, -0.15) is 0 Å². The van der Waals surface area contributed by atoms with Crippen molar-refractivity contribution in [2.24, 2.45) is 0 Å². The molecule has 0 amide bonds. The maximum atomic E-state index is 9.95. The lowest BCUT2D eigenvalue weighted by molar-refractivity contribution is 0.104. The van der Waals surface area contributed by atoms with Crippen LogP contribution in [0.15, 0.2) is 36.5 Å². The topological polar surface area (TPSA) is 72.8 Å². The number of rotatable bonds is 8. The molecule has 1 aliphatic heterocycles. The molecule has 1 atom stereocenters. The fourth-order valence-corrected chi connectivity index (χ4v) is 2.43. The number of nitrogens with one attached hydrogen (secondary N) is 1. The molecule has 0 saturated carbocycles. The van der Waals surface area contributed by atoms with Crippen LogP contribution in [-0.4, -0.2) is 42.7 Å². The molecule has 0 spiro atoms. The maximum Gasteiger partial charge on any atom is 0.231 e. The molecule has 2 heterocycles. The van der Waals surface area contributed by atoms with E-state index in [1.54, 1.807) is 6.20 Å². The lowest BCUT2D eigenvalue weighted by Gasteiger charge is -2.13. The van der Waals surface area contributed by atoms with Gasteiger partial charge in [0.05, 0.1) is 0 Å². The summed E-state index contributed by atoms with van der Waals surface area (Å²) in [6.45, 7) is 3.71. The molecule has 1 unspecified atom stereocenters. The number of aryl methyl sites for hydroxylation is 1. The number of benzene rings is 1. The minimum Gasteiger partial charge on any atom is -0.475 e. The van der Waals surface area contributed by atoms with Gasteiger partial charge in [0.15, 0.2) is 11.5 Å². The molecule has 0 radical (unpaired) electrons. The second kappa shape index (κ2) is 7.99. The number of hydrogen-bond acceptors (Lipinski definition) is 6. The van der Waals surface area contributed by atoms with Gasteiger partial charge in [0, 0.05) is 18.8 Å². The number of fused-ring (bicyclic) bond motifs is 1. The Hall–Kier alpha value is -2.31. The van der Waals surface area contributed by atoms with E-state index in [-0.39, 0.29) is 6.61 Å². The molecular formula is C18H22N2O4. The second-order valence-electron chi connectivity index (χ2n) is 5.78. The summed E-state index contributed by atoms with van der Waals surface area (Å²) in [6.07, 6.45) is 1.97. The van der Waals surface area contributed by atoms with Crippen LogP contribution in [0.1, 0.15) is 11.1 Å². The molecule has 0 bridgehead atoms. The number of pyridine rings is 1. The van der Waals surface area contributed by atoms with E-state index < -0.39 is 6.10 Å². The van der Waals surface area contributed by atoms with Crippen molar-refractivity contribution in [3.8, 4) is 17.4 Å². The van der Waals surface area contributed by atoms with Crippen LogP contribution in [0.4, 0.5) is 0 Å². The van der Waals surface area contributed by atoms with Crippen LogP contribution in [-0.2, 0) is 6.42 Å². The first-order valence-electron chi connectivity index (χ1n) is 8.03. The standard InChI is InChI=1S/C18H22N2O4/c1-13-4-7-20-18(8-13)22-11-15(21)10-19-6-5-14-2-3-16-17(9-14)24-12-23-16/h2-4,7-9,15,19,21H,5-6,10-12H2,1H3. The Morgan fingerprint density at radius 2 is 2.12 bits per heavy atom. The van der Waals surface area contributed by atoms with Gasteiger partial charge < -0.3 is 24.6 Å². The molecule has 2 N–H and O–H groups in total. The fraction of sp³-hybridized carbons (Fsp3) is 0.389. The van der Waals surface area contributed by atoms with Crippen LogP contribution in [0.2, 0.25) is 0 Å². The largest absolute Gasteiger partial charge is 0.475 e. The molecule has 24 heavy (non-hydrogen) atoms. The van der Waals surface area contributed by atoms with Crippen LogP contribution < -0.4 is 19.5 Å². The summed E-state index contributed by atoms with van der Waals surface area (Å²) in [5, 5.41) is 13.2. The monoisotopic (exact) mass is 330 g/mol. The Morgan fingerprint density at radius 3 is 3.00 bits per heavy atom. The number of ether oxygens (including phenoxy) is 3. The molecule has 128 valence electrons. The zero-order valence-electron chi connectivity index (χ0n) is 13.7. The van der Waals surface area contributed by atoms with Crippen molar-refractivity contribution in [2.45, 2.75) is 19.4 Å². The average Bonchev–Trinajstić information content (AvgIpc) is 3.05. The molecule has 1 aromatic heterocycles. The molecule has 0 aliphatic carbocycles. The maximum absolute atomic E-state index is 9.95. The molecule has 1 aliphatic rings. The Kier molecular flexibility index (Phi) is 5.51. The Bertz CT molecular complexity index is 678. The quantitative estimate of drug-likeness (QED) is 0.718. The molecular weight excluding hydrogens is 308 g/mol. The molecule has 6 nitrogen and oxygen atoms in total. The highest BCUT2D eigenvalue weighted by Crippen LogP contribution is 2.32. The van der Waals surface area contributed by atoms with Crippen LogP contribution in [0.25, 0.3) is 0 Å². The zero-order valence-corrected chi connectivity index (χ0v) is 13.7. The average molecular weight is 330 g/mol. The predicted octanol–water partition coefficient (Wildman–Crippen LogP) is 1.69. The molecule has 1 aromatic carbocycles. The van der Waals surface area contributed by atoms with Crippen molar-refractivity contribution in [3.05, 3.63) is 47.7 Å². The number of aromatic nitrogens is 1. The van der Waals surface area contributed by atoms with Gasteiger partial charge in [0.2, 0.25) is 12.7 Å². The van der Waals surface area contributed by atoms with Gasteiger partial charge in [-0.1, -0.05) is 6.07 Å². The van der Waals surface area contributed by atoms with Crippen LogP contribution >= 0.6 is 0 Å². The Morgan fingerprint density at radius 1 is 1.25 bits per heavy atom. The highest BCUT2D eigenvalue weighted by molar-refractivity contribution is 5.44.